The Morgan fingerprint density at radius 1 is 1.02 bits per heavy atom. The maximum atomic E-state index is 13.1. The van der Waals surface area contributed by atoms with E-state index in [-0.39, 0.29) is 58.1 Å². The van der Waals surface area contributed by atoms with Crippen LogP contribution in [0, 0.1) is 0 Å². The molecule has 221 valence electrons. The molecule has 0 bridgehead atoms. The molecule has 2 heterocycles. The summed E-state index contributed by atoms with van der Waals surface area (Å²) in [5, 5.41) is 16.6. The van der Waals surface area contributed by atoms with Gasteiger partial charge in [0.2, 0.25) is 17.2 Å². The van der Waals surface area contributed by atoms with Crippen LogP contribution >= 0.6 is 23.2 Å². The third-order valence-electron chi connectivity index (χ3n) is 6.17. The van der Waals surface area contributed by atoms with E-state index in [1.54, 1.807) is 31.2 Å². The first-order chi connectivity index (χ1) is 20.5. The quantitative estimate of drug-likeness (QED) is 0.127. The minimum Gasteiger partial charge on any atom is -0.324 e. The molecule has 1 radical (unpaired) electrons. The van der Waals surface area contributed by atoms with Crippen LogP contribution in [0.5, 0.6) is 0 Å². The van der Waals surface area contributed by atoms with Crippen LogP contribution in [0.1, 0.15) is 13.8 Å². The summed E-state index contributed by atoms with van der Waals surface area (Å²) >= 11 is 12.4. The zero-order valence-corrected chi connectivity index (χ0v) is 28.0. The molecule has 1 amide bonds. The number of carbonyl (C=O) groups excluding carboxylic acids is 1. The van der Waals surface area contributed by atoms with Crippen molar-refractivity contribution in [2.75, 3.05) is 21.8 Å². The fourth-order valence-electron chi connectivity index (χ4n) is 4.19. The molecule has 1 aliphatic heterocycles. The van der Waals surface area contributed by atoms with E-state index in [2.05, 4.69) is 35.6 Å². The van der Waals surface area contributed by atoms with Gasteiger partial charge in [-0.2, -0.15) is 43.7 Å². The molecule has 0 saturated carbocycles. The normalized spacial score (nSPS) is 14.8. The Kier molecular flexibility index (Phi) is 10.7. The van der Waals surface area contributed by atoms with Gasteiger partial charge in [0.1, 0.15) is 10.6 Å². The standard InChI is InChI=1S/C27H23Cl2N9O4S.Na/c1-3-37(18-9-5-4-6-10-18)27-32-25(29)31-26(33-27)30-17-13-14-22(43(40,41)42)20(15-17)34-35-23-16(2)36-38(24(23)39)21-12-8-7-11-19(21)28;/h4-15,23H,3H2,1-2H3,(H,40,41,42)(H,30,31,32,33);. The van der Waals surface area contributed by atoms with Gasteiger partial charge in [0, 0.05) is 47.5 Å². The fraction of sp³-hybridized carbons (Fsp3) is 0.148. The molecule has 0 spiro atoms. The molecule has 2 N–H and O–H groups in total. The van der Waals surface area contributed by atoms with Crippen molar-refractivity contribution in [1.29, 1.82) is 0 Å². The Morgan fingerprint density at radius 2 is 1.73 bits per heavy atom. The van der Waals surface area contributed by atoms with Gasteiger partial charge in [-0.1, -0.05) is 41.9 Å². The predicted octanol–water partition coefficient (Wildman–Crippen LogP) is 5.82. The predicted molar refractivity (Wildman–Crippen MR) is 170 cm³/mol. The van der Waals surface area contributed by atoms with Crippen LogP contribution < -0.4 is 15.2 Å². The molecule has 17 heteroatoms. The molecule has 0 aliphatic carbocycles. The molecular weight excluding hydrogens is 640 g/mol. The Hall–Kier alpha value is -3.50. The topological polar surface area (TPSA) is 166 Å². The number of azo groups is 1. The van der Waals surface area contributed by atoms with Crippen molar-refractivity contribution in [3.63, 3.8) is 0 Å². The molecule has 44 heavy (non-hydrogen) atoms. The van der Waals surface area contributed by atoms with Crippen molar-refractivity contribution in [3.8, 4) is 0 Å². The molecule has 5 rings (SSSR count). The second-order valence-electron chi connectivity index (χ2n) is 9.05. The van der Waals surface area contributed by atoms with Gasteiger partial charge in [-0.3, -0.25) is 9.35 Å². The number of halogens is 2. The number of amides is 1. The SMILES string of the molecule is CCN(c1ccccc1)c1nc(Cl)nc(Nc2ccc(S(=O)(=O)O)c(N=NC3C(=O)N(c4ccccc4Cl)N=C3C)c2)n1.[Na]. The van der Waals surface area contributed by atoms with Gasteiger partial charge >= 0.3 is 0 Å². The molecule has 1 aromatic heterocycles. The molecule has 13 nitrogen and oxygen atoms in total. The van der Waals surface area contributed by atoms with Gasteiger partial charge in [-0.15, -0.1) is 0 Å². The van der Waals surface area contributed by atoms with Gasteiger partial charge < -0.3 is 10.2 Å². The summed E-state index contributed by atoms with van der Waals surface area (Å²) in [7, 11) is -4.71. The summed E-state index contributed by atoms with van der Waals surface area (Å²) in [5.41, 5.74) is 1.55. The number of hydrazone groups is 1. The van der Waals surface area contributed by atoms with E-state index in [1.807, 2.05) is 42.2 Å². The van der Waals surface area contributed by atoms with E-state index < -0.39 is 27.0 Å². The second kappa shape index (κ2) is 14.1. The van der Waals surface area contributed by atoms with Gasteiger partial charge in [-0.05, 0) is 67.9 Å². The Labute approximate surface area is 285 Å². The van der Waals surface area contributed by atoms with E-state index in [9.17, 15) is 17.8 Å². The number of hydrogen-bond donors (Lipinski definition) is 2. The first kappa shape index (κ1) is 33.4. The molecular formula is C27H23Cl2N9NaO4S. The average molecular weight is 664 g/mol. The number of carbonyl (C=O) groups is 1. The van der Waals surface area contributed by atoms with Crippen LogP contribution in [-0.4, -0.2) is 81.7 Å². The van der Waals surface area contributed by atoms with Crippen LogP contribution in [0.3, 0.4) is 0 Å². The third kappa shape index (κ3) is 7.41. The molecule has 1 unspecified atom stereocenters. The van der Waals surface area contributed by atoms with Crippen LogP contribution in [0.4, 0.5) is 34.6 Å². The number of para-hydroxylation sites is 2. The van der Waals surface area contributed by atoms with E-state index in [4.69, 9.17) is 23.2 Å². The van der Waals surface area contributed by atoms with Crippen molar-refractivity contribution in [2.45, 2.75) is 24.8 Å². The molecule has 3 aromatic carbocycles. The number of anilines is 5. The molecule has 0 saturated heterocycles. The van der Waals surface area contributed by atoms with Crippen LogP contribution in [0.2, 0.25) is 10.3 Å². The Bertz CT molecular complexity index is 1860. The van der Waals surface area contributed by atoms with E-state index in [0.29, 0.717) is 23.0 Å². The van der Waals surface area contributed by atoms with E-state index in [0.717, 1.165) is 16.8 Å². The number of nitrogens with one attached hydrogen (secondary N) is 1. The monoisotopic (exact) mass is 662 g/mol. The van der Waals surface area contributed by atoms with Crippen LogP contribution in [0.15, 0.2) is 93.0 Å². The molecule has 0 fully saturated rings. The summed E-state index contributed by atoms with van der Waals surface area (Å²) in [6.45, 7) is 4.05. The summed E-state index contributed by atoms with van der Waals surface area (Å²) in [4.78, 5) is 27.2. The van der Waals surface area contributed by atoms with Gasteiger partial charge in [0.05, 0.1) is 16.4 Å². The van der Waals surface area contributed by atoms with Crippen molar-refractivity contribution in [1.82, 2.24) is 15.0 Å². The minimum absolute atomic E-state index is 0. The Balaban J connectivity index is 0.00000442. The summed E-state index contributed by atoms with van der Waals surface area (Å²) in [6, 6.07) is 18.8. The van der Waals surface area contributed by atoms with Gasteiger partial charge in [-0.25, -0.2) is 0 Å². The van der Waals surface area contributed by atoms with Gasteiger partial charge in [0.15, 0.2) is 6.04 Å². The summed E-state index contributed by atoms with van der Waals surface area (Å²) in [5.74, 6) is -0.192. The average Bonchev–Trinajstić information content (AvgIpc) is 3.24. The third-order valence-corrected chi connectivity index (χ3v) is 7.56. The van der Waals surface area contributed by atoms with Crippen molar-refractivity contribution in [2.24, 2.45) is 15.3 Å². The largest absolute Gasteiger partial charge is 0.324 e. The zero-order valence-electron chi connectivity index (χ0n) is 23.6. The van der Waals surface area contributed by atoms with Crippen LogP contribution in [-0.2, 0) is 14.9 Å². The first-order valence-electron chi connectivity index (χ1n) is 12.7. The molecule has 4 aromatic rings. The second-order valence-corrected chi connectivity index (χ2v) is 11.2. The summed E-state index contributed by atoms with van der Waals surface area (Å²) in [6.07, 6.45) is 0. The number of rotatable bonds is 9. The van der Waals surface area contributed by atoms with E-state index in [1.165, 1.54) is 12.1 Å². The first-order valence-corrected chi connectivity index (χ1v) is 14.9. The fourth-order valence-corrected chi connectivity index (χ4v) is 5.16. The number of benzene rings is 3. The maximum absolute atomic E-state index is 13.1. The van der Waals surface area contributed by atoms with E-state index >= 15 is 0 Å². The minimum atomic E-state index is -4.71. The smallest absolute Gasteiger partial charge is 0.296 e. The van der Waals surface area contributed by atoms with Crippen molar-refractivity contribution in [3.05, 3.63) is 83.1 Å². The molecule has 1 aliphatic rings. The summed E-state index contributed by atoms with van der Waals surface area (Å²) < 4.78 is 34.1. The number of hydrogen-bond acceptors (Lipinski definition) is 11. The zero-order chi connectivity index (χ0) is 30.7. The van der Waals surface area contributed by atoms with Crippen molar-refractivity contribution >= 4 is 109 Å². The van der Waals surface area contributed by atoms with Crippen LogP contribution in [0.25, 0.3) is 0 Å². The number of aromatic nitrogens is 3. The Morgan fingerprint density at radius 3 is 2.41 bits per heavy atom. The maximum Gasteiger partial charge on any atom is 0.296 e. The van der Waals surface area contributed by atoms with Crippen molar-refractivity contribution < 1.29 is 17.8 Å². The van der Waals surface area contributed by atoms with Gasteiger partial charge in [0.25, 0.3) is 16.0 Å². The molecule has 1 atom stereocenters. The number of nitrogens with zero attached hydrogens (tertiary/aromatic N) is 8.